The van der Waals surface area contributed by atoms with E-state index in [4.69, 9.17) is 10.5 Å². The molecule has 0 aliphatic heterocycles. The zero-order chi connectivity index (χ0) is 32.8. The van der Waals surface area contributed by atoms with E-state index in [1.807, 2.05) is 97.6 Å². The molecule has 0 spiro atoms. The Morgan fingerprint density at radius 3 is 1.06 bits per heavy atom. The number of rotatable bonds is 9. The predicted molar refractivity (Wildman–Crippen MR) is 188 cm³/mol. The predicted octanol–water partition coefficient (Wildman–Crippen LogP) is 9.66. The number of hydrogen-bond donors (Lipinski definition) is 0. The van der Waals surface area contributed by atoms with Gasteiger partial charge in [-0.1, -0.05) is 99.5 Å². The summed E-state index contributed by atoms with van der Waals surface area (Å²) in [4.78, 5) is 17.9. The molecule has 0 unspecified atom stereocenters. The maximum Gasteiger partial charge on any atom is 0.159 e. The normalized spacial score (nSPS) is 10.3. The van der Waals surface area contributed by atoms with Crippen molar-refractivity contribution < 1.29 is 0 Å². The zero-order valence-electron chi connectivity index (χ0n) is 26.8. The van der Waals surface area contributed by atoms with Crippen molar-refractivity contribution in [1.82, 2.24) is 19.9 Å². The molecule has 6 aromatic rings. The number of nitrogens with zero attached hydrogens (tertiary/aromatic N) is 6. The van der Waals surface area contributed by atoms with Crippen molar-refractivity contribution >= 4 is 0 Å². The van der Waals surface area contributed by atoms with Crippen LogP contribution in [0.2, 0.25) is 0 Å². The fourth-order valence-corrected chi connectivity index (χ4v) is 5.03. The van der Waals surface area contributed by atoms with Gasteiger partial charge in [-0.3, -0.25) is 0 Å². The molecule has 2 heterocycles. The standard InChI is InChI=1S/C21H19N3.C20H17N3/c1-2-3-4-17-14-23-21(24-15-17)20-11-9-19(10-12-20)18-7-5-16(13-22)6-8-18;1-2-3-16-13-22-20(23-14-16)19-10-8-18(9-11-19)17-6-4-15(12-21)5-7-17/h5-12,14-15H,2-4H2,1H3;4-11,13-14H,2-3H2,1H3. The highest BCUT2D eigenvalue weighted by Gasteiger charge is 2.05. The van der Waals surface area contributed by atoms with Crippen LogP contribution >= 0.6 is 0 Å². The Bertz CT molecular complexity index is 1930. The van der Waals surface area contributed by atoms with E-state index in [1.54, 1.807) is 0 Å². The van der Waals surface area contributed by atoms with Gasteiger partial charge in [0, 0.05) is 35.9 Å². The topological polar surface area (TPSA) is 99.1 Å². The van der Waals surface area contributed by atoms with Crippen LogP contribution in [-0.4, -0.2) is 19.9 Å². The van der Waals surface area contributed by atoms with Crippen LogP contribution in [-0.2, 0) is 12.8 Å². The average molecular weight is 613 g/mol. The average Bonchev–Trinajstić information content (AvgIpc) is 3.15. The maximum atomic E-state index is 8.86. The molecule has 6 rings (SSSR count). The van der Waals surface area contributed by atoms with E-state index in [0.717, 1.165) is 64.3 Å². The lowest BCUT2D eigenvalue weighted by molar-refractivity contribution is 0.788. The molecule has 6 heteroatoms. The summed E-state index contributed by atoms with van der Waals surface area (Å²) in [6.45, 7) is 4.33. The molecule has 2 aromatic heterocycles. The minimum absolute atomic E-state index is 0.672. The third kappa shape index (κ3) is 8.81. The van der Waals surface area contributed by atoms with E-state index in [0.29, 0.717) is 11.1 Å². The third-order valence-electron chi connectivity index (χ3n) is 7.75. The molecular formula is C41H36N6. The lowest BCUT2D eigenvalue weighted by Crippen LogP contribution is -1.93. The van der Waals surface area contributed by atoms with Gasteiger partial charge < -0.3 is 0 Å². The van der Waals surface area contributed by atoms with Gasteiger partial charge in [0.15, 0.2) is 11.6 Å². The molecule has 0 bridgehead atoms. The Morgan fingerprint density at radius 2 is 0.745 bits per heavy atom. The van der Waals surface area contributed by atoms with Gasteiger partial charge in [-0.05, 0) is 76.9 Å². The number of hydrogen-bond acceptors (Lipinski definition) is 6. The minimum atomic E-state index is 0.672. The van der Waals surface area contributed by atoms with Crippen LogP contribution in [0.25, 0.3) is 45.0 Å². The van der Waals surface area contributed by atoms with Crippen LogP contribution in [0.1, 0.15) is 55.4 Å². The number of unbranched alkanes of at least 4 members (excludes halogenated alkanes) is 1. The van der Waals surface area contributed by atoms with Gasteiger partial charge in [-0.2, -0.15) is 10.5 Å². The highest BCUT2D eigenvalue weighted by atomic mass is 14.9. The first kappa shape index (κ1) is 32.4. The molecule has 4 aromatic carbocycles. The summed E-state index contributed by atoms with van der Waals surface area (Å²) in [5.74, 6) is 1.50. The molecule has 0 amide bonds. The molecule has 0 saturated heterocycles. The lowest BCUT2D eigenvalue weighted by atomic mass is 10.0. The van der Waals surface area contributed by atoms with Crippen molar-refractivity contribution in [3.05, 3.63) is 144 Å². The van der Waals surface area contributed by atoms with Crippen LogP contribution in [0.5, 0.6) is 0 Å². The van der Waals surface area contributed by atoms with E-state index in [1.165, 1.54) is 24.0 Å². The molecule has 230 valence electrons. The number of aryl methyl sites for hydroxylation is 2. The van der Waals surface area contributed by atoms with Gasteiger partial charge in [0.05, 0.1) is 23.3 Å². The van der Waals surface area contributed by atoms with Crippen LogP contribution in [0.3, 0.4) is 0 Å². The van der Waals surface area contributed by atoms with Crippen molar-refractivity contribution in [1.29, 1.82) is 10.5 Å². The molecule has 0 aliphatic carbocycles. The van der Waals surface area contributed by atoms with Crippen molar-refractivity contribution in [3.63, 3.8) is 0 Å². The molecule has 6 nitrogen and oxygen atoms in total. The molecular weight excluding hydrogens is 576 g/mol. The highest BCUT2D eigenvalue weighted by Crippen LogP contribution is 2.25. The Hall–Kier alpha value is -5.98. The fourth-order valence-electron chi connectivity index (χ4n) is 5.03. The van der Waals surface area contributed by atoms with Gasteiger partial charge >= 0.3 is 0 Å². The van der Waals surface area contributed by atoms with E-state index in [-0.39, 0.29) is 0 Å². The summed E-state index contributed by atoms with van der Waals surface area (Å²) in [7, 11) is 0. The van der Waals surface area contributed by atoms with Gasteiger partial charge in [0.2, 0.25) is 0 Å². The number of benzene rings is 4. The summed E-state index contributed by atoms with van der Waals surface area (Å²) in [6.07, 6.45) is 13.1. The van der Waals surface area contributed by atoms with Gasteiger partial charge in [-0.15, -0.1) is 0 Å². The third-order valence-corrected chi connectivity index (χ3v) is 7.75. The molecule has 0 saturated carbocycles. The van der Waals surface area contributed by atoms with E-state index in [9.17, 15) is 0 Å². The van der Waals surface area contributed by atoms with Crippen molar-refractivity contribution in [2.45, 2.75) is 46.0 Å². The lowest BCUT2D eigenvalue weighted by Gasteiger charge is -2.05. The molecule has 0 aliphatic rings. The summed E-state index contributed by atoms with van der Waals surface area (Å²) < 4.78 is 0. The molecule has 47 heavy (non-hydrogen) atoms. The second-order valence-corrected chi connectivity index (χ2v) is 11.2. The van der Waals surface area contributed by atoms with E-state index >= 15 is 0 Å². The van der Waals surface area contributed by atoms with Crippen molar-refractivity contribution in [3.8, 4) is 57.2 Å². The highest BCUT2D eigenvalue weighted by molar-refractivity contribution is 5.69. The minimum Gasteiger partial charge on any atom is -0.236 e. The van der Waals surface area contributed by atoms with Crippen LogP contribution < -0.4 is 0 Å². The summed E-state index contributed by atoms with van der Waals surface area (Å²) >= 11 is 0. The molecule has 0 radical (unpaired) electrons. The second-order valence-electron chi connectivity index (χ2n) is 11.2. The van der Waals surface area contributed by atoms with Crippen LogP contribution in [0.4, 0.5) is 0 Å². The SMILES string of the molecule is CCCCc1cnc(-c2ccc(-c3ccc(C#N)cc3)cc2)nc1.CCCc1cnc(-c2ccc(-c3ccc(C#N)cc3)cc2)nc1. The molecule has 0 fully saturated rings. The smallest absolute Gasteiger partial charge is 0.159 e. The monoisotopic (exact) mass is 612 g/mol. The Kier molecular flexibility index (Phi) is 11.3. The summed E-state index contributed by atoms with van der Waals surface area (Å²) in [5, 5.41) is 17.7. The Labute approximate surface area is 277 Å². The summed E-state index contributed by atoms with van der Waals surface area (Å²) in [6, 6.07) is 35.8. The van der Waals surface area contributed by atoms with Crippen molar-refractivity contribution in [2.75, 3.05) is 0 Å². The zero-order valence-corrected chi connectivity index (χ0v) is 26.8. The molecule has 0 N–H and O–H groups in total. The first-order valence-corrected chi connectivity index (χ1v) is 15.9. The van der Waals surface area contributed by atoms with Gasteiger partial charge in [0.1, 0.15) is 0 Å². The van der Waals surface area contributed by atoms with Crippen LogP contribution in [0.15, 0.2) is 122 Å². The van der Waals surface area contributed by atoms with E-state index < -0.39 is 0 Å². The maximum absolute atomic E-state index is 8.86. The number of aromatic nitrogens is 4. The number of nitriles is 2. The van der Waals surface area contributed by atoms with E-state index in [2.05, 4.69) is 70.2 Å². The molecule has 0 atom stereocenters. The first-order chi connectivity index (χ1) is 23.1. The Morgan fingerprint density at radius 1 is 0.426 bits per heavy atom. The first-order valence-electron chi connectivity index (χ1n) is 15.9. The second kappa shape index (κ2) is 16.4. The van der Waals surface area contributed by atoms with Gasteiger partial charge in [0.25, 0.3) is 0 Å². The fraction of sp³-hybridized carbons (Fsp3) is 0.171. The van der Waals surface area contributed by atoms with Crippen molar-refractivity contribution in [2.24, 2.45) is 0 Å². The largest absolute Gasteiger partial charge is 0.236 e. The van der Waals surface area contributed by atoms with Crippen LogP contribution in [0, 0.1) is 22.7 Å². The van der Waals surface area contributed by atoms with Gasteiger partial charge in [-0.25, -0.2) is 19.9 Å². The quantitative estimate of drug-likeness (QED) is 0.161. The summed E-state index contributed by atoms with van der Waals surface area (Å²) in [5.41, 5.74) is 10.1. The Balaban J connectivity index is 0.000000185.